The van der Waals surface area contributed by atoms with Crippen molar-refractivity contribution < 1.29 is 81.0 Å². The first kappa shape index (κ1) is 47.3. The maximum atomic E-state index is 14.8. The number of esters is 8. The van der Waals surface area contributed by atoms with Gasteiger partial charge in [0, 0.05) is 45.7 Å². The molecule has 1 spiro atoms. The summed E-state index contributed by atoms with van der Waals surface area (Å²) in [5.41, 5.74) is -6.51. The van der Waals surface area contributed by atoms with E-state index in [1.165, 1.54) is 56.4 Å². The van der Waals surface area contributed by atoms with Gasteiger partial charge in [0.1, 0.15) is 48.1 Å². The summed E-state index contributed by atoms with van der Waals surface area (Å²) in [6.45, 7) is 8.92. The molecule has 2 aliphatic carbocycles. The summed E-state index contributed by atoms with van der Waals surface area (Å²) in [6, 6.07) is 18.3. The number of hydrogen-bond donors (Lipinski definition) is 0. The highest BCUT2D eigenvalue weighted by atomic mass is 16.7. The van der Waals surface area contributed by atoms with Gasteiger partial charge in [-0.25, -0.2) is 14.4 Å². The molecule has 0 amide bonds. The summed E-state index contributed by atoms with van der Waals surface area (Å²) < 4.78 is 57.3. The number of hydrogen-bond acceptors (Lipinski definition) is 18. The highest BCUT2D eigenvalue weighted by molar-refractivity contribution is 5.92. The Morgan fingerprint density at radius 2 is 1.23 bits per heavy atom. The molecule has 13 atom stereocenters. The van der Waals surface area contributed by atoms with Crippen molar-refractivity contribution in [3.8, 4) is 0 Å². The van der Waals surface area contributed by atoms with Crippen molar-refractivity contribution in [1.82, 2.24) is 4.98 Å². The number of ether oxygens (including phenoxy) is 9. The first-order valence-corrected chi connectivity index (χ1v) is 21.5. The average Bonchev–Trinajstić information content (AvgIpc) is 3.50. The van der Waals surface area contributed by atoms with Gasteiger partial charge in [0.05, 0.1) is 34.2 Å². The molecule has 1 saturated heterocycles. The van der Waals surface area contributed by atoms with Gasteiger partial charge >= 0.3 is 47.8 Å². The van der Waals surface area contributed by atoms with Crippen molar-refractivity contribution in [3.63, 3.8) is 0 Å². The summed E-state index contributed by atoms with van der Waals surface area (Å²) >= 11 is 0. The van der Waals surface area contributed by atoms with Crippen molar-refractivity contribution in [1.29, 1.82) is 0 Å². The Labute approximate surface area is 379 Å². The molecule has 2 aliphatic heterocycles. The molecular formula is C48H51NO17. The molecule has 0 unspecified atom stereocenters. The lowest BCUT2D eigenvalue weighted by atomic mass is 9.46. The smallest absolute Gasteiger partial charge is 0.340 e. The summed E-state index contributed by atoms with van der Waals surface area (Å²) in [5.74, 6) is -12.2. The topological polar surface area (TPSA) is 233 Å². The number of nitrogens with zero attached hydrogens (tertiary/aromatic N) is 1. The monoisotopic (exact) mass is 913 g/mol. The van der Waals surface area contributed by atoms with Crippen LogP contribution in [0.15, 0.2) is 79.0 Å². The molecule has 350 valence electrons. The molecular weight excluding hydrogens is 863 g/mol. The summed E-state index contributed by atoms with van der Waals surface area (Å²) in [7, 11) is 0. The van der Waals surface area contributed by atoms with Crippen LogP contribution in [0.25, 0.3) is 0 Å². The fourth-order valence-corrected chi connectivity index (χ4v) is 10.4. The summed E-state index contributed by atoms with van der Waals surface area (Å²) in [4.78, 5) is 116. The molecule has 7 rings (SSSR count). The predicted molar refractivity (Wildman–Crippen MR) is 224 cm³/mol. The van der Waals surface area contributed by atoms with Gasteiger partial charge in [0.15, 0.2) is 18.3 Å². The van der Waals surface area contributed by atoms with E-state index in [4.69, 9.17) is 42.6 Å². The van der Waals surface area contributed by atoms with Gasteiger partial charge in [0.2, 0.25) is 0 Å². The van der Waals surface area contributed by atoms with Crippen LogP contribution in [0.3, 0.4) is 0 Å². The zero-order valence-corrected chi connectivity index (χ0v) is 37.6. The summed E-state index contributed by atoms with van der Waals surface area (Å²) in [5, 5.41) is 0. The van der Waals surface area contributed by atoms with Crippen molar-refractivity contribution >= 4 is 47.8 Å². The zero-order valence-electron chi connectivity index (χ0n) is 37.6. The van der Waals surface area contributed by atoms with Gasteiger partial charge < -0.3 is 42.6 Å². The molecule has 0 radical (unpaired) electrons. The highest BCUT2D eigenvalue weighted by Crippen LogP contribution is 2.69. The summed E-state index contributed by atoms with van der Waals surface area (Å²) in [6.07, 6.45) is -9.55. The number of carbonyl (C=O) groups excluding carboxylic acids is 8. The molecule has 3 fully saturated rings. The second kappa shape index (κ2) is 18.3. The van der Waals surface area contributed by atoms with Gasteiger partial charge in [-0.05, 0) is 43.3 Å². The van der Waals surface area contributed by atoms with Crippen LogP contribution in [-0.4, -0.2) is 114 Å². The Morgan fingerprint density at radius 1 is 0.667 bits per heavy atom. The molecule has 18 heteroatoms. The fraction of sp³-hybridized carbons (Fsp3) is 0.479. The maximum absolute atomic E-state index is 14.8. The fourth-order valence-electron chi connectivity index (χ4n) is 10.4. The molecule has 2 saturated carbocycles. The second-order valence-electron chi connectivity index (χ2n) is 17.4. The van der Waals surface area contributed by atoms with Crippen LogP contribution in [0, 0.1) is 23.2 Å². The Kier molecular flexibility index (Phi) is 13.1. The van der Waals surface area contributed by atoms with Crippen LogP contribution in [0.2, 0.25) is 0 Å². The van der Waals surface area contributed by atoms with Gasteiger partial charge in [-0.1, -0.05) is 57.2 Å². The van der Waals surface area contributed by atoms with E-state index in [1.807, 2.05) is 0 Å². The van der Waals surface area contributed by atoms with Crippen LogP contribution >= 0.6 is 0 Å². The maximum Gasteiger partial charge on any atom is 0.340 e. The number of cyclic esters (lactones) is 1. The third-order valence-electron chi connectivity index (χ3n) is 13.3. The van der Waals surface area contributed by atoms with Crippen LogP contribution in [0.5, 0.6) is 0 Å². The Bertz CT molecular complexity index is 2410. The molecule has 1 aromatic heterocycles. The number of aromatic nitrogens is 1. The molecule has 4 aliphatic rings. The lowest BCUT2D eigenvalue weighted by Gasteiger charge is -2.65. The van der Waals surface area contributed by atoms with Gasteiger partial charge in [-0.2, -0.15) is 0 Å². The molecule has 3 aromatic rings. The van der Waals surface area contributed by atoms with E-state index >= 15 is 0 Å². The van der Waals surface area contributed by atoms with Crippen molar-refractivity contribution in [3.05, 3.63) is 101 Å². The van der Waals surface area contributed by atoms with E-state index in [2.05, 4.69) is 4.98 Å². The minimum atomic E-state index is -2.44. The molecule has 3 heterocycles. The number of fused-ring (bicyclic) bond motifs is 5. The predicted octanol–water partition coefficient (Wildman–Crippen LogP) is 4.51. The standard InChI is InChI=1S/C48H51NO17/c1-24-25(2)42(54)63-36-26(3)48-39(61-29(6)52)34(46(8,66-48)22-59-45(57)33-20-15-21-49-35(24)33)37(60-28(5)51)40(62-30(7)53)47(48,23-58-27(4)50)41(65-44(56)32-18-13-10-14-19-32)38(36)64-43(55)31-16-11-9-12-17-31/h9-21,24-26,34,36-41H,22-23H2,1-8H3/t24-,25+,26+,34+,36+,37-,38-,39+,40+,41-,46-,47+,48+/m0/s1. The number of pyridine rings is 1. The Balaban J connectivity index is 1.62. The first-order chi connectivity index (χ1) is 31.3. The van der Waals surface area contributed by atoms with Crippen molar-refractivity contribution in [2.24, 2.45) is 23.2 Å². The molecule has 0 N–H and O–H groups in total. The first-order valence-electron chi connectivity index (χ1n) is 21.5. The number of benzene rings is 2. The molecule has 4 bridgehead atoms. The van der Waals surface area contributed by atoms with E-state index in [-0.39, 0.29) is 22.4 Å². The van der Waals surface area contributed by atoms with E-state index in [0.717, 1.165) is 27.7 Å². The second-order valence-corrected chi connectivity index (χ2v) is 17.4. The third-order valence-corrected chi connectivity index (χ3v) is 13.3. The normalized spacial score (nSPS) is 33.3. The van der Waals surface area contributed by atoms with Crippen molar-refractivity contribution in [2.75, 3.05) is 13.2 Å². The van der Waals surface area contributed by atoms with Gasteiger partial charge in [-0.3, -0.25) is 29.0 Å². The van der Waals surface area contributed by atoms with Gasteiger partial charge in [-0.15, -0.1) is 0 Å². The molecule has 66 heavy (non-hydrogen) atoms. The zero-order chi connectivity index (χ0) is 47.9. The quantitative estimate of drug-likeness (QED) is 0.212. The van der Waals surface area contributed by atoms with Crippen LogP contribution < -0.4 is 0 Å². The molecule has 2 aromatic carbocycles. The number of rotatable bonds is 9. The van der Waals surface area contributed by atoms with E-state index < -0.39 is 138 Å². The van der Waals surface area contributed by atoms with Crippen molar-refractivity contribution in [2.45, 2.75) is 109 Å². The van der Waals surface area contributed by atoms with Crippen LogP contribution in [-0.2, 0) is 66.6 Å². The minimum absolute atomic E-state index is 0.00405. The molecule has 18 nitrogen and oxygen atoms in total. The average molecular weight is 914 g/mol. The Morgan fingerprint density at radius 3 is 1.80 bits per heavy atom. The SMILES string of the molecule is CC(=O)OC[C@]12[C@H](OC(C)=O)[C@@H](OC(C)=O)[C@@H]3[C@@H](OC(C)=O)[C@@]14O[C@@]3(C)COC(=O)c1cccnc1[C@@H](C)[C@@H](C)C(=O)O[C@@H]([C@H](OC(=O)c1ccccc1)[C@@H]2OC(=O)c1ccccc1)[C@H]4C. The van der Waals surface area contributed by atoms with Crippen LogP contribution in [0.4, 0.5) is 0 Å². The highest BCUT2D eigenvalue weighted by Gasteiger charge is 2.88. The lowest BCUT2D eigenvalue weighted by Crippen LogP contribution is -2.84. The van der Waals surface area contributed by atoms with Gasteiger partial charge in [0.25, 0.3) is 0 Å². The Hall–Kier alpha value is -6.69. The van der Waals surface area contributed by atoms with E-state index in [1.54, 1.807) is 50.2 Å². The largest absolute Gasteiger partial charge is 0.465 e. The minimum Gasteiger partial charge on any atom is -0.465 e. The van der Waals surface area contributed by atoms with E-state index in [9.17, 15) is 38.4 Å². The van der Waals surface area contributed by atoms with E-state index in [0.29, 0.717) is 0 Å². The lowest BCUT2D eigenvalue weighted by molar-refractivity contribution is -0.346. The third kappa shape index (κ3) is 8.15. The van der Waals surface area contributed by atoms with Crippen LogP contribution in [0.1, 0.15) is 98.1 Å². The number of carbonyl (C=O) groups is 8.